The van der Waals surface area contributed by atoms with E-state index in [1.165, 1.54) is 4.90 Å². The Morgan fingerprint density at radius 1 is 1.12 bits per heavy atom. The number of aromatic nitrogens is 1. The van der Waals surface area contributed by atoms with Gasteiger partial charge in [0.1, 0.15) is 0 Å². The highest BCUT2D eigenvalue weighted by Gasteiger charge is 2.36. The quantitative estimate of drug-likeness (QED) is 0.655. The van der Waals surface area contributed by atoms with Crippen LogP contribution in [0.1, 0.15) is 11.1 Å². The standard InChI is InChI=1S/C20H13N3O2S/c1-13-19(24)23(20(25)26-13)18-12-22(17-8-3-2-7-16(17)18)11-15-6-4-5-14(9-15)10-21/h2-9,12H,1,11H2. The Morgan fingerprint density at radius 3 is 2.65 bits per heavy atom. The lowest BCUT2D eigenvalue weighted by molar-refractivity contribution is -0.113. The second-order valence-electron chi connectivity index (χ2n) is 5.90. The Hall–Kier alpha value is -3.30. The Bertz CT molecular complexity index is 1120. The van der Waals surface area contributed by atoms with E-state index in [4.69, 9.17) is 5.26 Å². The second-order valence-corrected chi connectivity index (χ2v) is 6.95. The summed E-state index contributed by atoms with van der Waals surface area (Å²) in [6.45, 7) is 4.18. The van der Waals surface area contributed by atoms with E-state index < -0.39 is 0 Å². The number of nitriles is 1. The molecule has 26 heavy (non-hydrogen) atoms. The molecule has 0 bridgehead atoms. The number of para-hydroxylation sites is 1. The summed E-state index contributed by atoms with van der Waals surface area (Å²) in [5, 5.41) is 9.56. The van der Waals surface area contributed by atoms with Crippen LogP contribution in [0.4, 0.5) is 10.5 Å². The minimum absolute atomic E-state index is 0.230. The minimum atomic E-state index is -0.380. The lowest BCUT2D eigenvalue weighted by Gasteiger charge is -2.10. The van der Waals surface area contributed by atoms with Crippen molar-refractivity contribution >= 4 is 39.5 Å². The molecule has 6 heteroatoms. The fraction of sp³-hybridized carbons (Fsp3) is 0.0500. The normalized spacial score (nSPS) is 14.3. The maximum absolute atomic E-state index is 12.4. The summed E-state index contributed by atoms with van der Waals surface area (Å²) in [5.41, 5.74) is 3.03. The number of hydrogen-bond acceptors (Lipinski definition) is 4. The third kappa shape index (κ3) is 2.59. The van der Waals surface area contributed by atoms with Gasteiger partial charge >= 0.3 is 0 Å². The molecule has 0 spiro atoms. The number of imide groups is 1. The topological polar surface area (TPSA) is 66.1 Å². The van der Waals surface area contributed by atoms with Crippen molar-refractivity contribution in [2.24, 2.45) is 0 Å². The number of amides is 2. The van der Waals surface area contributed by atoms with Gasteiger partial charge in [0.2, 0.25) is 0 Å². The molecular formula is C20H13N3O2S. The van der Waals surface area contributed by atoms with Crippen molar-refractivity contribution in [3.63, 3.8) is 0 Å². The van der Waals surface area contributed by atoms with E-state index in [0.717, 1.165) is 28.2 Å². The Morgan fingerprint density at radius 2 is 1.92 bits per heavy atom. The zero-order chi connectivity index (χ0) is 18.3. The van der Waals surface area contributed by atoms with Crippen molar-refractivity contribution in [3.05, 3.63) is 77.3 Å². The monoisotopic (exact) mass is 359 g/mol. The Balaban J connectivity index is 1.82. The van der Waals surface area contributed by atoms with Crippen molar-refractivity contribution in [1.29, 1.82) is 5.26 Å². The summed E-state index contributed by atoms with van der Waals surface area (Å²) < 4.78 is 1.98. The number of rotatable bonds is 3. The molecule has 2 amide bonds. The molecule has 1 saturated heterocycles. The van der Waals surface area contributed by atoms with Crippen molar-refractivity contribution in [3.8, 4) is 6.07 Å². The van der Waals surface area contributed by atoms with Crippen molar-refractivity contribution < 1.29 is 9.59 Å². The van der Waals surface area contributed by atoms with Gasteiger partial charge in [-0.1, -0.05) is 36.9 Å². The van der Waals surface area contributed by atoms with Gasteiger partial charge in [0.15, 0.2) is 0 Å². The van der Waals surface area contributed by atoms with E-state index in [0.29, 0.717) is 17.8 Å². The molecule has 1 aliphatic heterocycles. The summed E-state index contributed by atoms with van der Waals surface area (Å²) in [4.78, 5) is 26.0. The maximum Gasteiger partial charge on any atom is 0.298 e. The van der Waals surface area contributed by atoms with Crippen LogP contribution in [0, 0.1) is 11.3 Å². The van der Waals surface area contributed by atoms with E-state index in [1.807, 2.05) is 47.0 Å². The van der Waals surface area contributed by atoms with Gasteiger partial charge in [0.05, 0.1) is 27.7 Å². The van der Waals surface area contributed by atoms with Crippen molar-refractivity contribution in [1.82, 2.24) is 4.57 Å². The van der Waals surface area contributed by atoms with Gasteiger partial charge in [0, 0.05) is 18.1 Å². The smallest absolute Gasteiger partial charge is 0.298 e. The predicted octanol–water partition coefficient (Wildman–Crippen LogP) is 4.27. The zero-order valence-corrected chi connectivity index (χ0v) is 14.5. The molecule has 2 heterocycles. The Kier molecular flexibility index (Phi) is 3.86. The van der Waals surface area contributed by atoms with E-state index in [9.17, 15) is 9.59 Å². The molecule has 5 nitrogen and oxygen atoms in total. The number of nitrogens with zero attached hydrogens (tertiary/aromatic N) is 3. The molecule has 0 atom stereocenters. The molecule has 0 N–H and O–H groups in total. The molecule has 4 rings (SSSR count). The third-order valence-corrected chi connectivity index (χ3v) is 5.03. The van der Waals surface area contributed by atoms with Crippen LogP contribution in [0.5, 0.6) is 0 Å². The molecule has 1 aliphatic rings. The molecule has 0 saturated carbocycles. The van der Waals surface area contributed by atoms with Crippen LogP contribution in [-0.2, 0) is 11.3 Å². The molecule has 0 unspecified atom stereocenters. The number of anilines is 1. The number of carbonyl (C=O) groups excluding carboxylic acids is 2. The highest BCUT2D eigenvalue weighted by molar-refractivity contribution is 8.18. The lowest BCUT2D eigenvalue weighted by Crippen LogP contribution is -2.27. The maximum atomic E-state index is 12.4. The highest BCUT2D eigenvalue weighted by Crippen LogP contribution is 2.38. The predicted molar refractivity (Wildman–Crippen MR) is 102 cm³/mol. The van der Waals surface area contributed by atoms with E-state index in [2.05, 4.69) is 12.6 Å². The van der Waals surface area contributed by atoms with E-state index in [-0.39, 0.29) is 16.1 Å². The largest absolute Gasteiger partial charge is 0.341 e. The minimum Gasteiger partial charge on any atom is -0.341 e. The summed E-state index contributed by atoms with van der Waals surface area (Å²) >= 11 is 0.856. The number of carbonyl (C=O) groups is 2. The third-order valence-electron chi connectivity index (χ3n) is 4.25. The average molecular weight is 359 g/mol. The number of thioether (sulfide) groups is 1. The Labute approximate surface area is 154 Å². The van der Waals surface area contributed by atoms with Gasteiger partial charge in [-0.25, -0.2) is 4.90 Å². The molecule has 3 aromatic rings. The highest BCUT2D eigenvalue weighted by atomic mass is 32.2. The first-order chi connectivity index (χ1) is 12.6. The van der Waals surface area contributed by atoms with Crippen LogP contribution in [0.3, 0.4) is 0 Å². The first-order valence-electron chi connectivity index (χ1n) is 7.90. The van der Waals surface area contributed by atoms with Crippen LogP contribution >= 0.6 is 11.8 Å². The van der Waals surface area contributed by atoms with Crippen molar-refractivity contribution in [2.45, 2.75) is 6.54 Å². The van der Waals surface area contributed by atoms with Crippen LogP contribution in [0.2, 0.25) is 0 Å². The summed E-state index contributed by atoms with van der Waals surface area (Å²) in [7, 11) is 0. The van der Waals surface area contributed by atoms with Gasteiger partial charge in [-0.3, -0.25) is 9.59 Å². The second kappa shape index (κ2) is 6.21. The molecule has 126 valence electrons. The van der Waals surface area contributed by atoms with E-state index >= 15 is 0 Å². The van der Waals surface area contributed by atoms with Gasteiger partial charge in [0.25, 0.3) is 11.1 Å². The fourth-order valence-corrected chi connectivity index (χ4v) is 3.74. The molecule has 0 radical (unpaired) electrons. The van der Waals surface area contributed by atoms with Gasteiger partial charge < -0.3 is 4.57 Å². The molecular weight excluding hydrogens is 346 g/mol. The first-order valence-corrected chi connectivity index (χ1v) is 8.72. The van der Waals surface area contributed by atoms with Crippen LogP contribution in [0.15, 0.2) is 66.2 Å². The van der Waals surface area contributed by atoms with Gasteiger partial charge in [-0.15, -0.1) is 0 Å². The first kappa shape index (κ1) is 16.2. The van der Waals surface area contributed by atoms with Gasteiger partial charge in [-0.2, -0.15) is 5.26 Å². The fourth-order valence-electron chi connectivity index (χ4n) is 3.08. The molecule has 1 aromatic heterocycles. The van der Waals surface area contributed by atoms with Crippen LogP contribution in [0.25, 0.3) is 10.9 Å². The van der Waals surface area contributed by atoms with Gasteiger partial charge in [-0.05, 0) is 35.5 Å². The number of hydrogen-bond donors (Lipinski definition) is 0. The summed E-state index contributed by atoms with van der Waals surface area (Å²) in [6, 6.07) is 17.1. The zero-order valence-electron chi connectivity index (χ0n) is 13.7. The summed E-state index contributed by atoms with van der Waals surface area (Å²) in [6.07, 6.45) is 1.80. The molecule has 0 aliphatic carbocycles. The van der Waals surface area contributed by atoms with Crippen molar-refractivity contribution in [2.75, 3.05) is 4.90 Å². The van der Waals surface area contributed by atoms with Crippen LogP contribution < -0.4 is 4.90 Å². The average Bonchev–Trinajstić information content (AvgIpc) is 3.12. The number of fused-ring (bicyclic) bond motifs is 1. The lowest BCUT2D eigenvalue weighted by atomic mass is 10.1. The molecule has 1 fully saturated rings. The number of benzene rings is 2. The SMILES string of the molecule is C=C1SC(=O)N(c2cn(Cc3cccc(C#N)c3)c3ccccc23)C1=O. The van der Waals surface area contributed by atoms with E-state index in [1.54, 1.807) is 12.3 Å². The van der Waals surface area contributed by atoms with Crippen LogP contribution in [-0.4, -0.2) is 15.7 Å². The summed E-state index contributed by atoms with van der Waals surface area (Å²) in [5.74, 6) is -0.380. The molecule has 2 aromatic carbocycles.